The van der Waals surface area contributed by atoms with Crippen molar-refractivity contribution < 1.29 is 17.9 Å². The first kappa shape index (κ1) is 20.2. The lowest BCUT2D eigenvalue weighted by molar-refractivity contribution is -0.129. The second-order valence-electron chi connectivity index (χ2n) is 5.58. The van der Waals surface area contributed by atoms with Crippen molar-refractivity contribution in [3.8, 4) is 5.75 Å². The molecule has 0 radical (unpaired) electrons. The van der Waals surface area contributed by atoms with Gasteiger partial charge >= 0.3 is 0 Å². The summed E-state index contributed by atoms with van der Waals surface area (Å²) in [7, 11) is -2.18. The van der Waals surface area contributed by atoms with E-state index in [4.69, 9.17) is 16.3 Å². The molecule has 0 atom stereocenters. The van der Waals surface area contributed by atoms with Gasteiger partial charge in [0.2, 0.25) is 15.9 Å². The first-order valence-corrected chi connectivity index (χ1v) is 9.83. The number of para-hydroxylation sites is 1. The molecular weight excluding hydrogens is 376 g/mol. The van der Waals surface area contributed by atoms with Crippen LogP contribution in [0, 0.1) is 0 Å². The van der Waals surface area contributed by atoms with Crippen LogP contribution in [0.3, 0.4) is 0 Å². The first-order valence-electron chi connectivity index (χ1n) is 7.96. The Kier molecular flexibility index (Phi) is 7.02. The summed E-state index contributed by atoms with van der Waals surface area (Å²) < 4.78 is 32.5. The van der Waals surface area contributed by atoms with E-state index in [-0.39, 0.29) is 28.9 Å². The van der Waals surface area contributed by atoms with Gasteiger partial charge in [-0.3, -0.25) is 4.79 Å². The van der Waals surface area contributed by atoms with E-state index in [0.717, 1.165) is 5.56 Å². The molecule has 0 bridgehead atoms. The summed E-state index contributed by atoms with van der Waals surface area (Å²) >= 11 is 5.94. The molecule has 0 saturated carbocycles. The summed E-state index contributed by atoms with van der Waals surface area (Å²) in [6.07, 6.45) is 0. The highest BCUT2D eigenvalue weighted by Crippen LogP contribution is 2.21. The van der Waals surface area contributed by atoms with Crippen molar-refractivity contribution in [2.45, 2.75) is 18.4 Å². The average Bonchev–Trinajstić information content (AvgIpc) is 2.61. The Morgan fingerprint density at radius 2 is 1.81 bits per heavy atom. The van der Waals surface area contributed by atoms with Crippen molar-refractivity contribution in [3.05, 3.63) is 59.1 Å². The van der Waals surface area contributed by atoms with Crippen LogP contribution in [0.4, 0.5) is 0 Å². The average molecular weight is 397 g/mol. The number of benzene rings is 2. The molecule has 1 N–H and O–H groups in total. The number of rotatable bonds is 8. The molecule has 0 spiro atoms. The molecule has 0 aliphatic heterocycles. The highest BCUT2D eigenvalue weighted by molar-refractivity contribution is 7.89. The summed E-state index contributed by atoms with van der Waals surface area (Å²) in [5.74, 6) is 0.517. The van der Waals surface area contributed by atoms with Crippen LogP contribution in [0.25, 0.3) is 0 Å². The molecule has 0 fully saturated rings. The van der Waals surface area contributed by atoms with Gasteiger partial charge in [0.15, 0.2) is 0 Å². The number of nitrogens with one attached hydrogen (secondary N) is 1. The van der Waals surface area contributed by atoms with Crippen LogP contribution in [-0.2, 0) is 21.4 Å². The smallest absolute Gasteiger partial charge is 0.242 e. The van der Waals surface area contributed by atoms with Crippen molar-refractivity contribution in [1.29, 1.82) is 0 Å². The molecule has 140 valence electrons. The number of methoxy groups -OCH3 is 1. The van der Waals surface area contributed by atoms with E-state index in [0.29, 0.717) is 12.3 Å². The summed E-state index contributed by atoms with van der Waals surface area (Å²) in [5.41, 5.74) is 0.846. The number of nitrogens with zero attached hydrogens (tertiary/aromatic N) is 1. The fourth-order valence-corrected chi connectivity index (χ4v) is 3.98. The van der Waals surface area contributed by atoms with Crippen molar-refractivity contribution in [2.75, 3.05) is 20.2 Å². The Bertz CT molecular complexity index is 871. The molecule has 8 heteroatoms. The quantitative estimate of drug-likeness (QED) is 0.744. The molecule has 0 unspecified atom stereocenters. The number of halogens is 1. The van der Waals surface area contributed by atoms with E-state index in [1.54, 1.807) is 24.1 Å². The van der Waals surface area contributed by atoms with E-state index in [2.05, 4.69) is 4.72 Å². The highest BCUT2D eigenvalue weighted by atomic mass is 35.5. The van der Waals surface area contributed by atoms with E-state index in [9.17, 15) is 13.2 Å². The number of ether oxygens (including phenoxy) is 1. The maximum Gasteiger partial charge on any atom is 0.242 e. The Labute approximate surface area is 158 Å². The lowest BCUT2D eigenvalue weighted by Gasteiger charge is -2.22. The zero-order valence-corrected chi connectivity index (χ0v) is 16.2. The molecule has 2 rings (SSSR count). The summed E-state index contributed by atoms with van der Waals surface area (Å²) in [5, 5.41) is 0.150. The van der Waals surface area contributed by atoms with E-state index in [1.807, 2.05) is 24.3 Å². The lowest BCUT2D eigenvalue weighted by Crippen LogP contribution is -2.37. The lowest BCUT2D eigenvalue weighted by atomic mass is 10.2. The highest BCUT2D eigenvalue weighted by Gasteiger charge is 2.18. The third-order valence-corrected chi connectivity index (χ3v) is 5.76. The molecule has 0 saturated heterocycles. The van der Waals surface area contributed by atoms with E-state index in [1.165, 1.54) is 19.1 Å². The van der Waals surface area contributed by atoms with Crippen molar-refractivity contribution in [3.63, 3.8) is 0 Å². The molecule has 1 amide bonds. The summed E-state index contributed by atoms with van der Waals surface area (Å²) in [4.78, 5) is 13.5. The van der Waals surface area contributed by atoms with Crippen molar-refractivity contribution in [2.24, 2.45) is 0 Å². The maximum absolute atomic E-state index is 12.3. The van der Waals surface area contributed by atoms with Gasteiger partial charge in [-0.25, -0.2) is 13.1 Å². The van der Waals surface area contributed by atoms with Gasteiger partial charge in [0, 0.05) is 32.1 Å². The predicted molar refractivity (Wildman–Crippen MR) is 101 cm³/mol. The van der Waals surface area contributed by atoms with Gasteiger partial charge in [0.25, 0.3) is 0 Å². The zero-order valence-electron chi connectivity index (χ0n) is 14.6. The van der Waals surface area contributed by atoms with Gasteiger partial charge < -0.3 is 9.64 Å². The van der Waals surface area contributed by atoms with Gasteiger partial charge in [0.1, 0.15) is 10.6 Å². The van der Waals surface area contributed by atoms with Crippen molar-refractivity contribution >= 4 is 27.5 Å². The Morgan fingerprint density at radius 1 is 1.15 bits per heavy atom. The number of hydrogen-bond acceptors (Lipinski definition) is 4. The van der Waals surface area contributed by atoms with Crippen LogP contribution in [-0.4, -0.2) is 39.4 Å². The second kappa shape index (κ2) is 9.02. The third kappa shape index (κ3) is 5.20. The minimum Gasteiger partial charge on any atom is -0.496 e. The number of sulfonamides is 1. The van der Waals surface area contributed by atoms with Crippen LogP contribution in [0.1, 0.15) is 12.5 Å². The van der Waals surface area contributed by atoms with E-state index < -0.39 is 10.0 Å². The monoisotopic (exact) mass is 396 g/mol. The predicted octanol–water partition coefficient (Wildman–Crippen LogP) is 2.68. The Balaban J connectivity index is 2.03. The fraction of sp³-hybridized carbons (Fsp3) is 0.278. The van der Waals surface area contributed by atoms with Gasteiger partial charge in [-0.1, -0.05) is 41.9 Å². The van der Waals surface area contributed by atoms with Crippen molar-refractivity contribution in [1.82, 2.24) is 9.62 Å². The van der Waals surface area contributed by atoms with Crippen LogP contribution in [0.2, 0.25) is 5.02 Å². The molecule has 0 aliphatic rings. The molecule has 2 aromatic carbocycles. The second-order valence-corrected chi connectivity index (χ2v) is 7.72. The standard InChI is InChI=1S/C18H21ClN2O4S/c1-14(22)21(13-15-7-3-5-9-17(15)25-2)12-11-20-26(23,24)18-10-6-4-8-16(18)19/h3-10,20H,11-13H2,1-2H3. The van der Waals surface area contributed by atoms with Gasteiger partial charge in [0.05, 0.1) is 12.1 Å². The third-order valence-electron chi connectivity index (χ3n) is 3.80. The molecular formula is C18H21ClN2O4S. The summed E-state index contributed by atoms with van der Waals surface area (Å²) in [6.45, 7) is 2.06. The molecule has 0 aromatic heterocycles. The Hall–Kier alpha value is -2.09. The van der Waals surface area contributed by atoms with Gasteiger partial charge in [-0.2, -0.15) is 0 Å². The molecule has 26 heavy (non-hydrogen) atoms. The van der Waals surface area contributed by atoms with Gasteiger partial charge in [-0.05, 0) is 18.2 Å². The SMILES string of the molecule is COc1ccccc1CN(CCNS(=O)(=O)c1ccccc1Cl)C(C)=O. The van der Waals surface area contributed by atoms with Crippen LogP contribution < -0.4 is 9.46 Å². The Morgan fingerprint density at radius 3 is 2.46 bits per heavy atom. The summed E-state index contributed by atoms with van der Waals surface area (Å²) in [6, 6.07) is 13.6. The largest absolute Gasteiger partial charge is 0.496 e. The molecule has 0 aliphatic carbocycles. The van der Waals surface area contributed by atoms with Crippen LogP contribution >= 0.6 is 11.6 Å². The van der Waals surface area contributed by atoms with Gasteiger partial charge in [-0.15, -0.1) is 0 Å². The minimum atomic E-state index is -3.74. The number of carbonyl (C=O) groups excluding carboxylic acids is 1. The molecule has 6 nitrogen and oxygen atoms in total. The first-order chi connectivity index (χ1) is 12.3. The van der Waals surface area contributed by atoms with Crippen LogP contribution in [0.15, 0.2) is 53.4 Å². The minimum absolute atomic E-state index is 0.0146. The molecule has 0 heterocycles. The number of carbonyl (C=O) groups is 1. The molecule has 2 aromatic rings. The topological polar surface area (TPSA) is 75.7 Å². The van der Waals surface area contributed by atoms with Crippen LogP contribution in [0.5, 0.6) is 5.75 Å². The van der Waals surface area contributed by atoms with E-state index >= 15 is 0 Å². The fourth-order valence-electron chi connectivity index (χ4n) is 2.44. The number of hydrogen-bond donors (Lipinski definition) is 1. The normalized spacial score (nSPS) is 11.2. The maximum atomic E-state index is 12.3. The zero-order chi connectivity index (χ0) is 19.2. The number of amides is 1.